The third kappa shape index (κ3) is 10.2. The van der Waals surface area contributed by atoms with E-state index in [0.29, 0.717) is 16.9 Å². The van der Waals surface area contributed by atoms with Crippen LogP contribution in [0.2, 0.25) is 0 Å². The fraction of sp³-hybridized carbons (Fsp3) is 0.172. The van der Waals surface area contributed by atoms with Gasteiger partial charge in [0.05, 0.1) is 5.69 Å². The summed E-state index contributed by atoms with van der Waals surface area (Å²) in [7, 11) is 0. The van der Waals surface area contributed by atoms with Gasteiger partial charge in [-0.05, 0) is 37.1 Å². The minimum Gasteiger partial charge on any atom is -0.699 e. The molecular weight excluding hydrogens is 568 g/mol. The number of nitrogens with one attached hydrogen (secondary N) is 5. The minimum atomic E-state index is -0.465. The monoisotopic (exact) mass is 601 g/mol. The van der Waals surface area contributed by atoms with Crippen LogP contribution >= 0.6 is 0 Å². The smallest absolute Gasteiger partial charge is 0.128 e. The molecular formula is C29H33FN8Y-2. The summed E-state index contributed by atoms with van der Waals surface area (Å²) in [5, 5.41) is 7.90. The van der Waals surface area contributed by atoms with E-state index in [9.17, 15) is 4.39 Å². The van der Waals surface area contributed by atoms with E-state index in [1.54, 1.807) is 24.3 Å². The van der Waals surface area contributed by atoms with Crippen molar-refractivity contribution >= 4 is 23.0 Å². The van der Waals surface area contributed by atoms with Crippen molar-refractivity contribution in [3.63, 3.8) is 0 Å². The first-order chi connectivity index (χ1) is 18.3. The van der Waals surface area contributed by atoms with Gasteiger partial charge in [-0.15, -0.1) is 11.4 Å². The number of benzene rings is 3. The number of nitrogens with two attached hydrogens (primary N) is 1. The van der Waals surface area contributed by atoms with Crippen LogP contribution < -0.4 is 10.6 Å². The van der Waals surface area contributed by atoms with Gasteiger partial charge < -0.3 is 22.1 Å². The number of nitrogen functional groups attached to an aromatic ring is 1. The Morgan fingerprint density at radius 1 is 0.949 bits per heavy atom. The molecule has 8 nitrogen and oxygen atoms in total. The Bertz CT molecular complexity index is 1310. The van der Waals surface area contributed by atoms with Gasteiger partial charge in [0.15, 0.2) is 0 Å². The average Bonchev–Trinajstić information content (AvgIpc) is 2.92. The topological polar surface area (TPSA) is 161 Å². The largest absolute Gasteiger partial charge is 0.699 e. The van der Waals surface area contributed by atoms with E-state index in [-0.39, 0.29) is 44.2 Å². The van der Waals surface area contributed by atoms with Crippen molar-refractivity contribution in [3.8, 4) is 11.3 Å². The Morgan fingerprint density at radius 2 is 1.59 bits per heavy atom. The number of anilines is 1. The summed E-state index contributed by atoms with van der Waals surface area (Å²) >= 11 is 0. The second kappa shape index (κ2) is 17.0. The van der Waals surface area contributed by atoms with E-state index in [1.165, 1.54) is 17.7 Å². The summed E-state index contributed by atoms with van der Waals surface area (Å²) < 4.78 is 12.1. The molecule has 0 bridgehead atoms. The molecule has 0 aliphatic rings. The zero-order valence-electron chi connectivity index (χ0n) is 22.1. The number of rotatable bonds is 7. The molecule has 0 amide bonds. The molecule has 0 spiro atoms. The van der Waals surface area contributed by atoms with E-state index in [2.05, 4.69) is 24.0 Å². The summed E-state index contributed by atoms with van der Waals surface area (Å²) in [6.07, 6.45) is 0.981. The molecule has 4 rings (SSSR count). The molecule has 0 atom stereocenters. The molecule has 39 heavy (non-hydrogen) atoms. The van der Waals surface area contributed by atoms with Crippen LogP contribution in [0.1, 0.15) is 30.0 Å². The second-order valence-electron chi connectivity index (χ2n) is 8.45. The van der Waals surface area contributed by atoms with Crippen molar-refractivity contribution in [2.45, 2.75) is 26.8 Å². The Hall–Kier alpha value is -3.69. The third-order valence-corrected chi connectivity index (χ3v) is 5.46. The summed E-state index contributed by atoms with van der Waals surface area (Å²) in [5.74, 6) is 0.306. The quantitative estimate of drug-likeness (QED) is 0.0950. The minimum absolute atomic E-state index is 0. The van der Waals surface area contributed by atoms with Gasteiger partial charge in [0.2, 0.25) is 0 Å². The fourth-order valence-corrected chi connectivity index (χ4v) is 3.73. The zero-order valence-corrected chi connectivity index (χ0v) is 25.0. The number of amidine groups is 1. The molecule has 0 aliphatic heterocycles. The molecule has 201 valence electrons. The number of aryl methyl sites for hydroxylation is 1. The Kier molecular flexibility index (Phi) is 14.5. The van der Waals surface area contributed by atoms with E-state index >= 15 is 0 Å². The number of hydrogen-bond donors (Lipinski definition) is 4. The number of halogens is 1. The van der Waals surface area contributed by atoms with Gasteiger partial charge in [0.1, 0.15) is 17.5 Å². The van der Waals surface area contributed by atoms with Gasteiger partial charge >= 0.3 is 0 Å². The van der Waals surface area contributed by atoms with Gasteiger partial charge in [-0.1, -0.05) is 79.2 Å². The molecule has 4 aromatic rings. The first kappa shape index (κ1) is 33.3. The van der Waals surface area contributed by atoms with Gasteiger partial charge in [0.25, 0.3) is 0 Å². The van der Waals surface area contributed by atoms with E-state index in [4.69, 9.17) is 38.7 Å². The average molecular weight is 602 g/mol. The molecule has 0 saturated carbocycles. The molecule has 0 aliphatic carbocycles. The van der Waals surface area contributed by atoms with Gasteiger partial charge in [0, 0.05) is 56.9 Å². The van der Waals surface area contributed by atoms with Crippen LogP contribution in [0.5, 0.6) is 0 Å². The molecule has 0 fully saturated rings. The van der Waals surface area contributed by atoms with Crippen molar-refractivity contribution in [2.24, 2.45) is 5.73 Å². The fourth-order valence-electron chi connectivity index (χ4n) is 3.73. The van der Waals surface area contributed by atoms with Crippen molar-refractivity contribution in [1.82, 2.24) is 4.98 Å². The molecule has 3 aromatic carbocycles. The normalized spacial score (nSPS) is 9.62. The molecule has 0 unspecified atom stereocenters. The van der Waals surface area contributed by atoms with E-state index < -0.39 is 5.82 Å². The SMILES string of the molecule is CCCN(Cc1ccccc1)c1cc([NH-])cc(-c2cc(C)ccc2C(=N)N)n1.N=N.[NH-]c1ccccc1F.[Y]. The van der Waals surface area contributed by atoms with Crippen LogP contribution in [0.25, 0.3) is 22.7 Å². The van der Waals surface area contributed by atoms with Gasteiger partial charge in [-0.2, -0.15) is 0 Å². The maximum atomic E-state index is 12.1. The molecule has 1 radical (unpaired) electrons. The maximum absolute atomic E-state index is 12.1. The summed E-state index contributed by atoms with van der Waals surface area (Å²) in [6, 6.07) is 25.4. The standard InChI is InChI=1S/C23H26N5.C6H5FN.H2N2.Y/c1-3-11-28(15-17-7-5-4-6-8-17)22-14-18(24)13-21(27-22)20-12-16(2)9-10-19(20)23(25)26;7-5-3-1-2-4-6(5)8;1-2;/h4-10,12-14H,3,11,15H2,1-2H3,(H4-,24,25,26,27);1-4,8H;1-2H;/q2*-1;;. The van der Waals surface area contributed by atoms with Crippen molar-refractivity contribution in [3.05, 3.63) is 119 Å². The van der Waals surface area contributed by atoms with Crippen molar-refractivity contribution in [1.29, 1.82) is 16.5 Å². The summed E-state index contributed by atoms with van der Waals surface area (Å²) in [6.45, 7) is 5.71. The van der Waals surface area contributed by atoms with Crippen LogP contribution in [-0.2, 0) is 39.3 Å². The first-order valence-corrected chi connectivity index (χ1v) is 12.0. The Balaban J connectivity index is 0.000000587. The van der Waals surface area contributed by atoms with Crippen molar-refractivity contribution < 1.29 is 37.1 Å². The van der Waals surface area contributed by atoms with Crippen molar-refractivity contribution in [2.75, 3.05) is 11.4 Å². The molecule has 10 heteroatoms. The number of aromatic nitrogens is 1. The third-order valence-electron chi connectivity index (χ3n) is 5.46. The van der Waals surface area contributed by atoms with Crippen LogP contribution in [0, 0.1) is 29.2 Å². The molecule has 1 heterocycles. The molecule has 7 N–H and O–H groups in total. The Labute approximate surface area is 254 Å². The Morgan fingerprint density at radius 3 is 2.15 bits per heavy atom. The van der Waals surface area contributed by atoms with E-state index in [1.807, 2.05) is 43.3 Å². The maximum Gasteiger partial charge on any atom is 0.128 e. The number of pyridine rings is 1. The van der Waals surface area contributed by atoms with Crippen LogP contribution in [-0.4, -0.2) is 17.4 Å². The van der Waals surface area contributed by atoms with Gasteiger partial charge in [-0.3, -0.25) is 5.41 Å². The first-order valence-electron chi connectivity index (χ1n) is 12.0. The van der Waals surface area contributed by atoms with E-state index in [0.717, 1.165) is 36.5 Å². The molecule has 1 aromatic heterocycles. The van der Waals surface area contributed by atoms with Gasteiger partial charge in [-0.25, -0.2) is 20.4 Å². The predicted molar refractivity (Wildman–Crippen MR) is 153 cm³/mol. The van der Waals surface area contributed by atoms with Crippen LogP contribution in [0.15, 0.2) is 84.9 Å². The number of hydrogen-bond acceptors (Lipinski definition) is 5. The summed E-state index contributed by atoms with van der Waals surface area (Å²) in [4.78, 5) is 7.05. The number of nitrogens with zero attached hydrogens (tertiary/aromatic N) is 2. The predicted octanol–water partition coefficient (Wildman–Crippen LogP) is 8.54. The zero-order chi connectivity index (χ0) is 28.1. The van der Waals surface area contributed by atoms with Crippen LogP contribution in [0.3, 0.4) is 0 Å². The summed E-state index contributed by atoms with van der Waals surface area (Å²) in [5.41, 5.74) is 35.7. The molecule has 0 saturated heterocycles. The second-order valence-corrected chi connectivity index (χ2v) is 8.45. The van der Waals surface area contributed by atoms with Crippen LogP contribution in [0.4, 0.5) is 21.6 Å².